The number of halogens is 2. The number of amides is 1. The number of alkyl halides is 2. The molecule has 0 saturated heterocycles. The lowest BCUT2D eigenvalue weighted by atomic mass is 10.1. The first-order chi connectivity index (χ1) is 10.1. The number of anilines is 1. The fourth-order valence-corrected chi connectivity index (χ4v) is 2.32. The van der Waals surface area contributed by atoms with Gasteiger partial charge in [-0.05, 0) is 32.4 Å². The van der Waals surface area contributed by atoms with Crippen LogP contribution in [0, 0.1) is 0 Å². The van der Waals surface area contributed by atoms with E-state index >= 15 is 0 Å². The SMILES string of the molecule is CC(C)(C)OC(=O)N1c2cc(C(F)F)ccc2C[C@@H]1C(=O)O. The molecule has 0 radical (unpaired) electrons. The molecule has 1 amide bonds. The molecule has 7 heteroatoms. The molecule has 0 spiro atoms. The van der Waals surface area contributed by atoms with Crippen molar-refractivity contribution < 1.29 is 28.2 Å². The number of carboxylic acids is 1. The number of nitrogens with zero attached hydrogens (tertiary/aromatic N) is 1. The number of aliphatic carboxylic acids is 1. The van der Waals surface area contributed by atoms with Crippen molar-refractivity contribution in [2.45, 2.75) is 45.3 Å². The average molecular weight is 313 g/mol. The maximum absolute atomic E-state index is 12.8. The van der Waals surface area contributed by atoms with Gasteiger partial charge in [0.2, 0.25) is 0 Å². The highest BCUT2D eigenvalue weighted by Crippen LogP contribution is 2.36. The Balaban J connectivity index is 2.43. The molecular weight excluding hydrogens is 296 g/mol. The van der Waals surface area contributed by atoms with E-state index < -0.39 is 30.1 Å². The van der Waals surface area contributed by atoms with Crippen molar-refractivity contribution in [1.29, 1.82) is 0 Å². The summed E-state index contributed by atoms with van der Waals surface area (Å²) in [7, 11) is 0. The van der Waals surface area contributed by atoms with Gasteiger partial charge in [-0.3, -0.25) is 4.90 Å². The van der Waals surface area contributed by atoms with Gasteiger partial charge >= 0.3 is 12.1 Å². The van der Waals surface area contributed by atoms with Crippen molar-refractivity contribution in [3.8, 4) is 0 Å². The number of ether oxygens (including phenoxy) is 1. The van der Waals surface area contributed by atoms with E-state index in [1.165, 1.54) is 12.1 Å². The standard InChI is InChI=1S/C15H17F2NO4/c1-15(2,3)22-14(21)18-10-7-9(12(16)17)5-4-8(10)6-11(18)13(19)20/h4-5,7,11-12H,6H2,1-3H3,(H,19,20)/t11-/m1/s1. The van der Waals surface area contributed by atoms with E-state index in [1.54, 1.807) is 20.8 Å². The molecule has 1 heterocycles. The van der Waals surface area contributed by atoms with Crippen LogP contribution in [0.4, 0.5) is 19.3 Å². The molecule has 0 fully saturated rings. The van der Waals surface area contributed by atoms with Crippen molar-refractivity contribution in [2.24, 2.45) is 0 Å². The van der Waals surface area contributed by atoms with E-state index in [2.05, 4.69) is 0 Å². The molecule has 0 aromatic heterocycles. The molecule has 1 aromatic carbocycles. The van der Waals surface area contributed by atoms with Crippen LogP contribution >= 0.6 is 0 Å². The summed E-state index contributed by atoms with van der Waals surface area (Å²) in [5.41, 5.74) is -0.385. The first-order valence-corrected chi connectivity index (χ1v) is 6.76. The van der Waals surface area contributed by atoms with Gasteiger partial charge in [0.05, 0.1) is 5.69 Å². The number of carbonyl (C=O) groups excluding carboxylic acids is 1. The average Bonchev–Trinajstić information content (AvgIpc) is 2.74. The maximum Gasteiger partial charge on any atom is 0.415 e. The van der Waals surface area contributed by atoms with Gasteiger partial charge in [0, 0.05) is 12.0 Å². The van der Waals surface area contributed by atoms with Gasteiger partial charge in [-0.15, -0.1) is 0 Å². The summed E-state index contributed by atoms with van der Waals surface area (Å²) in [6.45, 7) is 4.94. The van der Waals surface area contributed by atoms with Gasteiger partial charge in [0.25, 0.3) is 6.43 Å². The highest BCUT2D eigenvalue weighted by molar-refractivity contribution is 5.98. The van der Waals surface area contributed by atoms with Gasteiger partial charge in [-0.1, -0.05) is 12.1 Å². The molecule has 1 N–H and O–H groups in total. The number of hydrogen-bond acceptors (Lipinski definition) is 3. The molecule has 1 aliphatic heterocycles. The fourth-order valence-electron chi connectivity index (χ4n) is 2.32. The highest BCUT2D eigenvalue weighted by atomic mass is 19.3. The minimum Gasteiger partial charge on any atom is -0.480 e. The van der Waals surface area contributed by atoms with Crippen molar-refractivity contribution >= 4 is 17.7 Å². The first-order valence-electron chi connectivity index (χ1n) is 6.76. The number of carboxylic acid groups (broad SMARTS) is 1. The van der Waals surface area contributed by atoms with E-state index in [9.17, 15) is 23.5 Å². The summed E-state index contributed by atoms with van der Waals surface area (Å²) in [5, 5.41) is 9.28. The quantitative estimate of drug-likeness (QED) is 0.909. The van der Waals surface area contributed by atoms with Gasteiger partial charge in [-0.2, -0.15) is 0 Å². The van der Waals surface area contributed by atoms with Gasteiger partial charge < -0.3 is 9.84 Å². The Labute approximate surface area is 126 Å². The van der Waals surface area contributed by atoms with Gasteiger partial charge in [-0.25, -0.2) is 18.4 Å². The van der Waals surface area contributed by atoms with Crippen LogP contribution in [0.1, 0.15) is 38.3 Å². The number of rotatable bonds is 2. The van der Waals surface area contributed by atoms with E-state index in [0.717, 1.165) is 11.0 Å². The van der Waals surface area contributed by atoms with E-state index in [-0.39, 0.29) is 17.7 Å². The smallest absolute Gasteiger partial charge is 0.415 e. The molecule has 120 valence electrons. The molecule has 0 saturated carbocycles. The Hall–Kier alpha value is -2.18. The van der Waals surface area contributed by atoms with Crippen LogP contribution in [0.15, 0.2) is 18.2 Å². The molecule has 0 bridgehead atoms. The lowest BCUT2D eigenvalue weighted by Crippen LogP contribution is -2.45. The minimum atomic E-state index is -2.70. The summed E-state index contributed by atoms with van der Waals surface area (Å²) in [6.07, 6.45) is -3.49. The third kappa shape index (κ3) is 3.18. The second kappa shape index (κ2) is 5.55. The van der Waals surface area contributed by atoms with Gasteiger partial charge in [0.1, 0.15) is 11.6 Å². The van der Waals surface area contributed by atoms with E-state index in [4.69, 9.17) is 4.74 Å². The highest BCUT2D eigenvalue weighted by Gasteiger charge is 2.41. The predicted molar refractivity (Wildman–Crippen MR) is 75.2 cm³/mol. The summed E-state index contributed by atoms with van der Waals surface area (Å²) < 4.78 is 30.9. The van der Waals surface area contributed by atoms with Crippen LogP contribution in [0.3, 0.4) is 0 Å². The zero-order chi connectivity index (χ0) is 16.7. The molecule has 0 unspecified atom stereocenters. The molecule has 1 aromatic rings. The zero-order valence-electron chi connectivity index (χ0n) is 12.5. The molecule has 22 heavy (non-hydrogen) atoms. The van der Waals surface area contributed by atoms with Crippen LogP contribution in [0.2, 0.25) is 0 Å². The van der Waals surface area contributed by atoms with Crippen LogP contribution in [0.5, 0.6) is 0 Å². The summed E-state index contributed by atoms with van der Waals surface area (Å²) in [6, 6.07) is 2.66. The predicted octanol–water partition coefficient (Wildman–Crippen LogP) is 3.38. The Morgan fingerprint density at radius 1 is 1.36 bits per heavy atom. The van der Waals surface area contributed by atoms with Crippen molar-refractivity contribution in [3.63, 3.8) is 0 Å². The summed E-state index contributed by atoms with van der Waals surface area (Å²) in [4.78, 5) is 24.6. The zero-order valence-corrected chi connectivity index (χ0v) is 12.5. The number of benzene rings is 1. The summed E-state index contributed by atoms with van der Waals surface area (Å²) >= 11 is 0. The number of carbonyl (C=O) groups is 2. The molecule has 2 rings (SSSR count). The second-order valence-electron chi connectivity index (χ2n) is 6.10. The van der Waals surface area contributed by atoms with Crippen LogP contribution in [-0.4, -0.2) is 28.8 Å². The maximum atomic E-state index is 12.8. The normalized spacial score (nSPS) is 17.5. The fraction of sp³-hybridized carbons (Fsp3) is 0.467. The largest absolute Gasteiger partial charge is 0.480 e. The Bertz CT molecular complexity index is 610. The van der Waals surface area contributed by atoms with Crippen molar-refractivity contribution in [1.82, 2.24) is 0 Å². The Morgan fingerprint density at radius 2 is 2.00 bits per heavy atom. The minimum absolute atomic E-state index is 0.0629. The molecule has 0 aliphatic carbocycles. The third-order valence-corrected chi connectivity index (χ3v) is 3.22. The Kier molecular flexibility index (Phi) is 4.08. The van der Waals surface area contributed by atoms with Crippen LogP contribution in [0.25, 0.3) is 0 Å². The number of fused-ring (bicyclic) bond motifs is 1. The van der Waals surface area contributed by atoms with Crippen LogP contribution in [-0.2, 0) is 16.0 Å². The molecule has 5 nitrogen and oxygen atoms in total. The van der Waals surface area contributed by atoms with E-state index in [1.807, 2.05) is 0 Å². The van der Waals surface area contributed by atoms with Crippen molar-refractivity contribution in [3.05, 3.63) is 29.3 Å². The van der Waals surface area contributed by atoms with Crippen LogP contribution < -0.4 is 4.90 Å². The second-order valence-corrected chi connectivity index (χ2v) is 6.10. The van der Waals surface area contributed by atoms with Crippen molar-refractivity contribution in [2.75, 3.05) is 4.90 Å². The monoisotopic (exact) mass is 313 g/mol. The lowest BCUT2D eigenvalue weighted by molar-refractivity contribution is -0.138. The Morgan fingerprint density at radius 3 is 2.50 bits per heavy atom. The topological polar surface area (TPSA) is 66.8 Å². The van der Waals surface area contributed by atoms with E-state index in [0.29, 0.717) is 5.56 Å². The molecule has 1 atom stereocenters. The molecule has 1 aliphatic rings. The third-order valence-electron chi connectivity index (χ3n) is 3.22. The molecular formula is C15H17F2NO4. The summed E-state index contributed by atoms with van der Waals surface area (Å²) in [5.74, 6) is -1.21. The lowest BCUT2D eigenvalue weighted by Gasteiger charge is -2.27. The number of hydrogen-bond donors (Lipinski definition) is 1. The van der Waals surface area contributed by atoms with Gasteiger partial charge in [0.15, 0.2) is 0 Å². The first kappa shape index (κ1) is 16.2.